The maximum absolute atomic E-state index is 14.9. The molecule has 2 heterocycles. The molecule has 2 aliphatic heterocycles. The zero-order valence-electron chi connectivity index (χ0n) is 19.7. The summed E-state index contributed by atoms with van der Waals surface area (Å²) < 4.78 is 20.4. The van der Waals surface area contributed by atoms with Crippen molar-refractivity contribution >= 4 is 13.8 Å². The number of ether oxygens (including phenoxy) is 1. The highest BCUT2D eigenvalue weighted by atomic mass is 19.1. The predicted octanol–water partition coefficient (Wildman–Crippen LogP) is 0.658. The highest BCUT2D eigenvalue weighted by Crippen LogP contribution is 2.20. The van der Waals surface area contributed by atoms with Crippen LogP contribution in [0.25, 0.3) is 0 Å². The van der Waals surface area contributed by atoms with E-state index in [4.69, 9.17) is 4.74 Å². The van der Waals surface area contributed by atoms with E-state index >= 15 is 0 Å². The van der Waals surface area contributed by atoms with Crippen LogP contribution in [0.15, 0.2) is 0 Å². The Bertz CT molecular complexity index is 515. The predicted molar refractivity (Wildman–Crippen MR) is 119 cm³/mol. The molecule has 3 atom stereocenters. The number of carbonyl (C=O) groups excluding carboxylic acids is 1. The molecule has 0 N–H and O–H groups in total. The van der Waals surface area contributed by atoms with Crippen LogP contribution in [0.3, 0.4) is 0 Å². The van der Waals surface area contributed by atoms with Crippen LogP contribution in [0.2, 0.25) is 0 Å². The molecule has 168 valence electrons. The van der Waals surface area contributed by atoms with Crippen LogP contribution in [0.5, 0.6) is 0 Å². The second-order valence-corrected chi connectivity index (χ2v) is 9.85. The van der Waals surface area contributed by atoms with E-state index in [1.54, 1.807) is 7.85 Å². The van der Waals surface area contributed by atoms with Gasteiger partial charge in [0.1, 0.15) is 5.57 Å². The van der Waals surface area contributed by atoms with E-state index in [0.29, 0.717) is 19.1 Å². The summed E-state index contributed by atoms with van der Waals surface area (Å²) in [4.78, 5) is 21.8. The molecule has 0 aromatic heterocycles. The van der Waals surface area contributed by atoms with Crippen molar-refractivity contribution in [1.29, 1.82) is 0 Å². The largest absolute Gasteiger partial charge is 0.376 e. The molecule has 2 aliphatic rings. The Hall–Kier alpha value is -0.695. The van der Waals surface area contributed by atoms with Gasteiger partial charge in [0.15, 0.2) is 7.85 Å². The summed E-state index contributed by atoms with van der Waals surface area (Å²) in [6, 6.07) is 0.982. The molecule has 0 spiro atoms. The average molecular weight is 412 g/mol. The van der Waals surface area contributed by atoms with Gasteiger partial charge in [-0.05, 0) is 41.5 Å². The van der Waals surface area contributed by atoms with Gasteiger partial charge in [0.25, 0.3) is 0 Å². The van der Waals surface area contributed by atoms with Gasteiger partial charge >= 0.3 is 0 Å². The summed E-state index contributed by atoms with van der Waals surface area (Å²) in [5.41, 5.74) is -1.36. The van der Waals surface area contributed by atoms with E-state index in [9.17, 15) is 9.18 Å². The van der Waals surface area contributed by atoms with Gasteiger partial charge < -0.3 is 9.64 Å². The van der Waals surface area contributed by atoms with E-state index in [1.807, 2.05) is 18.7 Å². The SMILES string of the molecule is BC(F)(COC(C)C)CN1CC(C)N(CC(=O)N2CCN(C(C)C)CC2)C(C)C1. The first kappa shape index (κ1) is 24.6. The average Bonchev–Trinajstić information content (AvgIpc) is 2.62. The molecule has 2 saturated heterocycles. The standard InChI is InChI=1S/C21H42BFN4O2/c1-16(2)25-7-9-26(10-8-25)20(28)13-27-18(5)11-24(12-19(27)6)14-21(22,23)15-29-17(3)4/h16-19H,7-15,22H2,1-6H3. The third-order valence-electron chi connectivity index (χ3n) is 6.16. The lowest BCUT2D eigenvalue weighted by atomic mass is 9.83. The topological polar surface area (TPSA) is 39.3 Å². The van der Waals surface area contributed by atoms with E-state index in [-0.39, 0.29) is 30.7 Å². The minimum atomic E-state index is -1.36. The third-order valence-corrected chi connectivity index (χ3v) is 6.16. The van der Waals surface area contributed by atoms with Crippen LogP contribution in [-0.2, 0) is 9.53 Å². The maximum atomic E-state index is 14.9. The fourth-order valence-corrected chi connectivity index (χ4v) is 4.50. The molecule has 2 fully saturated rings. The van der Waals surface area contributed by atoms with Gasteiger partial charge in [0.2, 0.25) is 5.91 Å². The number of hydrogen-bond acceptors (Lipinski definition) is 5. The van der Waals surface area contributed by atoms with Gasteiger partial charge in [-0.2, -0.15) is 0 Å². The van der Waals surface area contributed by atoms with Crippen molar-refractivity contribution in [3.05, 3.63) is 0 Å². The molecule has 0 aromatic rings. The fourth-order valence-electron chi connectivity index (χ4n) is 4.50. The molecule has 6 nitrogen and oxygen atoms in total. The van der Waals surface area contributed by atoms with Crippen molar-refractivity contribution < 1.29 is 13.9 Å². The summed E-state index contributed by atoms with van der Waals surface area (Å²) in [7, 11) is 1.62. The van der Waals surface area contributed by atoms with Gasteiger partial charge in [-0.15, -0.1) is 0 Å². The van der Waals surface area contributed by atoms with Gasteiger partial charge in [-0.25, -0.2) is 0 Å². The Morgan fingerprint density at radius 2 is 1.66 bits per heavy atom. The molecule has 0 aliphatic carbocycles. The number of nitrogens with zero attached hydrogens (tertiary/aromatic N) is 4. The molecule has 0 saturated carbocycles. The molecule has 3 unspecified atom stereocenters. The fraction of sp³-hybridized carbons (Fsp3) is 0.952. The number of carbonyl (C=O) groups is 1. The molecular formula is C21H42BFN4O2. The zero-order valence-corrected chi connectivity index (χ0v) is 19.7. The van der Waals surface area contributed by atoms with Gasteiger partial charge in [0, 0.05) is 63.9 Å². The summed E-state index contributed by atoms with van der Waals surface area (Å²) in [5.74, 6) is 0.223. The van der Waals surface area contributed by atoms with Crippen molar-refractivity contribution in [3.63, 3.8) is 0 Å². The molecule has 8 heteroatoms. The Balaban J connectivity index is 1.83. The van der Waals surface area contributed by atoms with Crippen molar-refractivity contribution in [1.82, 2.24) is 19.6 Å². The Kier molecular flexibility index (Phi) is 8.95. The number of rotatable bonds is 8. The smallest absolute Gasteiger partial charge is 0.236 e. The lowest BCUT2D eigenvalue weighted by Gasteiger charge is -2.46. The quantitative estimate of drug-likeness (QED) is 0.548. The number of amides is 1. The van der Waals surface area contributed by atoms with E-state index < -0.39 is 5.57 Å². The van der Waals surface area contributed by atoms with Crippen LogP contribution in [-0.4, -0.2) is 122 Å². The highest BCUT2D eigenvalue weighted by molar-refractivity contribution is 6.14. The maximum Gasteiger partial charge on any atom is 0.236 e. The summed E-state index contributed by atoms with van der Waals surface area (Å²) in [5, 5.41) is 0. The van der Waals surface area contributed by atoms with Crippen LogP contribution in [0, 0.1) is 0 Å². The Morgan fingerprint density at radius 3 is 2.14 bits per heavy atom. The number of piperazine rings is 2. The van der Waals surface area contributed by atoms with E-state index in [1.165, 1.54) is 0 Å². The molecule has 0 radical (unpaired) electrons. The van der Waals surface area contributed by atoms with Crippen molar-refractivity contribution in [3.8, 4) is 0 Å². The van der Waals surface area contributed by atoms with Crippen LogP contribution < -0.4 is 0 Å². The van der Waals surface area contributed by atoms with Gasteiger partial charge in [0.05, 0.1) is 19.3 Å². The molecule has 29 heavy (non-hydrogen) atoms. The first-order valence-corrected chi connectivity index (χ1v) is 11.3. The molecule has 0 aromatic carbocycles. The minimum Gasteiger partial charge on any atom is -0.376 e. The lowest BCUT2D eigenvalue weighted by molar-refractivity contribution is -0.136. The summed E-state index contributed by atoms with van der Waals surface area (Å²) in [6.45, 7) is 18.6. The minimum absolute atomic E-state index is 0.0354. The van der Waals surface area contributed by atoms with E-state index in [0.717, 1.165) is 39.3 Å². The first-order valence-electron chi connectivity index (χ1n) is 11.3. The number of alkyl halides is 1. The molecule has 1 amide bonds. The van der Waals surface area contributed by atoms with Gasteiger partial charge in [-0.3, -0.25) is 23.9 Å². The molecular weight excluding hydrogens is 370 g/mol. The van der Waals surface area contributed by atoms with Crippen molar-refractivity contribution in [2.75, 3.05) is 59.0 Å². The Morgan fingerprint density at radius 1 is 1.10 bits per heavy atom. The van der Waals surface area contributed by atoms with Crippen LogP contribution in [0.1, 0.15) is 41.5 Å². The van der Waals surface area contributed by atoms with Crippen LogP contribution in [0.4, 0.5) is 4.39 Å². The second-order valence-electron chi connectivity index (χ2n) is 9.85. The monoisotopic (exact) mass is 412 g/mol. The first-order chi connectivity index (χ1) is 13.5. The van der Waals surface area contributed by atoms with Crippen molar-refractivity contribution in [2.24, 2.45) is 0 Å². The summed E-state index contributed by atoms with van der Waals surface area (Å²) in [6.07, 6.45) is 0.0354. The molecule has 0 bridgehead atoms. The Labute approximate surface area is 178 Å². The highest BCUT2D eigenvalue weighted by Gasteiger charge is 2.36. The van der Waals surface area contributed by atoms with E-state index in [2.05, 4.69) is 42.4 Å². The van der Waals surface area contributed by atoms with Crippen LogP contribution >= 0.6 is 0 Å². The zero-order chi connectivity index (χ0) is 21.8. The third kappa shape index (κ3) is 7.49. The van der Waals surface area contributed by atoms with Gasteiger partial charge in [-0.1, -0.05) is 0 Å². The lowest BCUT2D eigenvalue weighted by Crippen LogP contribution is -2.61. The van der Waals surface area contributed by atoms with Crippen molar-refractivity contribution in [2.45, 2.75) is 71.3 Å². The second kappa shape index (κ2) is 10.6. The number of halogens is 1. The summed E-state index contributed by atoms with van der Waals surface area (Å²) >= 11 is 0. The normalized spacial score (nSPS) is 27.6. The molecule has 2 rings (SSSR count). The number of hydrogen-bond donors (Lipinski definition) is 0.